The summed E-state index contributed by atoms with van der Waals surface area (Å²) in [6, 6.07) is 8.67. The number of halogens is 3. The van der Waals surface area contributed by atoms with Crippen LogP contribution in [-0.4, -0.2) is 16.5 Å². The summed E-state index contributed by atoms with van der Waals surface area (Å²) in [6.45, 7) is 1.10. The van der Waals surface area contributed by atoms with Crippen LogP contribution in [0.4, 0.5) is 0 Å². The first-order chi connectivity index (χ1) is 8.33. The fourth-order valence-electron chi connectivity index (χ4n) is 2.21. The van der Waals surface area contributed by atoms with Crippen molar-refractivity contribution in [3.63, 3.8) is 0 Å². The van der Waals surface area contributed by atoms with Crippen molar-refractivity contribution < 1.29 is 0 Å². The molecule has 0 aliphatic carbocycles. The largest absolute Gasteiger partial charge is 0.341 e. The molecular formula is C13H16BrCl2N3. The highest BCUT2D eigenvalue weighted by Gasteiger charge is 2.19. The van der Waals surface area contributed by atoms with Crippen LogP contribution < -0.4 is 5.32 Å². The molecule has 19 heavy (non-hydrogen) atoms. The predicted molar refractivity (Wildman–Crippen MR) is 86.2 cm³/mol. The average molecular weight is 365 g/mol. The molecule has 2 N–H and O–H groups in total. The standard InChI is InChI=1S/C13H14BrN3.2ClH/c14-10-5-3-9(4-6-10)12-8-16-13(17-12)11-2-1-7-15-11;;/h3-6,8,11,15H,1-2,7H2,(H,16,17);2*1H/t11-;;/m0../s1. The van der Waals surface area contributed by atoms with Crippen molar-refractivity contribution >= 4 is 40.7 Å². The first kappa shape index (κ1) is 16.5. The minimum atomic E-state index is 0. The summed E-state index contributed by atoms with van der Waals surface area (Å²) in [6.07, 6.45) is 4.32. The van der Waals surface area contributed by atoms with Gasteiger partial charge in [0.2, 0.25) is 0 Å². The predicted octanol–water partition coefficient (Wildman–Crippen LogP) is 4.11. The second-order valence-electron chi connectivity index (χ2n) is 4.34. The van der Waals surface area contributed by atoms with Gasteiger partial charge in [0.25, 0.3) is 0 Å². The maximum atomic E-state index is 4.47. The Hall–Kier alpha value is -0.550. The zero-order chi connectivity index (χ0) is 11.7. The highest BCUT2D eigenvalue weighted by atomic mass is 79.9. The summed E-state index contributed by atoms with van der Waals surface area (Å²) in [4.78, 5) is 7.87. The Bertz CT molecular complexity index is 507. The molecule has 1 aliphatic heterocycles. The van der Waals surface area contributed by atoms with Crippen molar-refractivity contribution in [1.82, 2.24) is 15.3 Å². The molecule has 1 aromatic heterocycles. The van der Waals surface area contributed by atoms with E-state index < -0.39 is 0 Å². The van der Waals surface area contributed by atoms with Crippen LogP contribution in [0.15, 0.2) is 34.9 Å². The minimum Gasteiger partial charge on any atom is -0.341 e. The van der Waals surface area contributed by atoms with Gasteiger partial charge in [0.15, 0.2) is 0 Å². The Labute approximate surface area is 133 Å². The van der Waals surface area contributed by atoms with Gasteiger partial charge in [-0.15, -0.1) is 24.8 Å². The number of aromatic nitrogens is 2. The molecule has 0 spiro atoms. The van der Waals surface area contributed by atoms with E-state index >= 15 is 0 Å². The minimum absolute atomic E-state index is 0. The van der Waals surface area contributed by atoms with Crippen LogP contribution in [0.5, 0.6) is 0 Å². The molecule has 2 aromatic rings. The molecule has 3 nitrogen and oxygen atoms in total. The Morgan fingerprint density at radius 1 is 1.16 bits per heavy atom. The zero-order valence-electron chi connectivity index (χ0n) is 10.2. The molecular weight excluding hydrogens is 349 g/mol. The molecule has 0 saturated carbocycles. The highest BCUT2D eigenvalue weighted by Crippen LogP contribution is 2.24. The number of hydrogen-bond acceptors (Lipinski definition) is 2. The Kier molecular flexibility index (Phi) is 6.33. The van der Waals surface area contributed by atoms with Gasteiger partial charge in [0, 0.05) is 4.47 Å². The zero-order valence-corrected chi connectivity index (χ0v) is 13.4. The molecule has 1 saturated heterocycles. The number of nitrogens with one attached hydrogen (secondary N) is 2. The van der Waals surface area contributed by atoms with Crippen LogP contribution >= 0.6 is 40.7 Å². The number of H-pyrrole nitrogens is 1. The molecule has 1 aromatic carbocycles. The molecule has 1 aliphatic rings. The van der Waals surface area contributed by atoms with E-state index in [1.807, 2.05) is 18.3 Å². The fourth-order valence-corrected chi connectivity index (χ4v) is 2.47. The topological polar surface area (TPSA) is 40.7 Å². The molecule has 1 atom stereocenters. The van der Waals surface area contributed by atoms with E-state index in [0.29, 0.717) is 6.04 Å². The smallest absolute Gasteiger partial charge is 0.123 e. The van der Waals surface area contributed by atoms with Gasteiger partial charge >= 0.3 is 0 Å². The van der Waals surface area contributed by atoms with Crippen LogP contribution in [0.25, 0.3) is 11.3 Å². The second-order valence-corrected chi connectivity index (χ2v) is 5.25. The van der Waals surface area contributed by atoms with Crippen LogP contribution in [-0.2, 0) is 0 Å². The normalized spacial score (nSPS) is 17.6. The molecule has 104 valence electrons. The van der Waals surface area contributed by atoms with Crippen molar-refractivity contribution in [1.29, 1.82) is 0 Å². The van der Waals surface area contributed by atoms with E-state index in [9.17, 15) is 0 Å². The molecule has 1 fully saturated rings. The van der Waals surface area contributed by atoms with Crippen molar-refractivity contribution in [2.45, 2.75) is 18.9 Å². The first-order valence-electron chi connectivity index (χ1n) is 5.87. The molecule has 6 heteroatoms. The van der Waals surface area contributed by atoms with E-state index in [1.165, 1.54) is 18.4 Å². The second kappa shape index (κ2) is 7.29. The lowest BCUT2D eigenvalue weighted by Gasteiger charge is -2.05. The van der Waals surface area contributed by atoms with Crippen molar-refractivity contribution in [2.75, 3.05) is 6.54 Å². The van der Waals surface area contributed by atoms with Crippen molar-refractivity contribution in [3.05, 3.63) is 40.8 Å². The summed E-state index contributed by atoms with van der Waals surface area (Å²) >= 11 is 3.44. The van der Waals surface area contributed by atoms with Crippen molar-refractivity contribution in [2.24, 2.45) is 0 Å². The monoisotopic (exact) mass is 363 g/mol. The van der Waals surface area contributed by atoms with E-state index in [4.69, 9.17) is 0 Å². The van der Waals surface area contributed by atoms with E-state index in [1.54, 1.807) is 0 Å². The van der Waals surface area contributed by atoms with Gasteiger partial charge in [0.05, 0.1) is 17.9 Å². The number of imidazole rings is 1. The first-order valence-corrected chi connectivity index (χ1v) is 6.66. The Balaban J connectivity index is 0.000000902. The lowest BCUT2D eigenvalue weighted by molar-refractivity contribution is 0.613. The number of hydrogen-bond donors (Lipinski definition) is 2. The number of aromatic amines is 1. The molecule has 2 heterocycles. The molecule has 0 bridgehead atoms. The maximum Gasteiger partial charge on any atom is 0.123 e. The summed E-state index contributed by atoms with van der Waals surface area (Å²) in [5.74, 6) is 1.06. The van der Waals surface area contributed by atoms with Gasteiger partial charge < -0.3 is 10.3 Å². The molecule has 3 rings (SSSR count). The third-order valence-corrected chi connectivity index (χ3v) is 3.67. The van der Waals surface area contributed by atoms with Crippen molar-refractivity contribution in [3.8, 4) is 11.3 Å². The number of rotatable bonds is 2. The summed E-state index contributed by atoms with van der Waals surface area (Å²) in [5.41, 5.74) is 2.26. The molecule has 0 amide bonds. The van der Waals surface area contributed by atoms with Gasteiger partial charge in [0.1, 0.15) is 5.82 Å². The van der Waals surface area contributed by atoms with Gasteiger partial charge in [-0.3, -0.25) is 0 Å². The maximum absolute atomic E-state index is 4.47. The summed E-state index contributed by atoms with van der Waals surface area (Å²) in [5, 5.41) is 3.45. The van der Waals surface area contributed by atoms with Crippen LogP contribution in [0, 0.1) is 0 Å². The SMILES string of the molecule is Brc1ccc(-c2cnc([C@@H]3CCCN3)[nH]2)cc1.Cl.Cl. The van der Waals surface area contributed by atoms with E-state index in [0.717, 1.165) is 22.5 Å². The third-order valence-electron chi connectivity index (χ3n) is 3.14. The molecule has 0 radical (unpaired) electrons. The quantitative estimate of drug-likeness (QED) is 0.841. The van der Waals surface area contributed by atoms with E-state index in [2.05, 4.69) is 43.3 Å². The fraction of sp³-hybridized carbons (Fsp3) is 0.308. The van der Waals surface area contributed by atoms with Gasteiger partial charge in [-0.1, -0.05) is 28.1 Å². The highest BCUT2D eigenvalue weighted by molar-refractivity contribution is 9.10. The lowest BCUT2D eigenvalue weighted by atomic mass is 10.2. The summed E-state index contributed by atoms with van der Waals surface area (Å²) < 4.78 is 1.10. The van der Waals surface area contributed by atoms with Gasteiger partial charge in [-0.25, -0.2) is 4.98 Å². The number of nitrogens with zero attached hydrogens (tertiary/aromatic N) is 1. The number of benzene rings is 1. The lowest BCUT2D eigenvalue weighted by Crippen LogP contribution is -2.14. The van der Waals surface area contributed by atoms with Crippen LogP contribution in [0.1, 0.15) is 24.7 Å². The third kappa shape index (κ3) is 3.72. The van der Waals surface area contributed by atoms with Gasteiger partial charge in [-0.2, -0.15) is 0 Å². The average Bonchev–Trinajstić information content (AvgIpc) is 3.00. The van der Waals surface area contributed by atoms with Crippen LogP contribution in [0.2, 0.25) is 0 Å². The Morgan fingerprint density at radius 3 is 2.53 bits per heavy atom. The summed E-state index contributed by atoms with van der Waals surface area (Å²) in [7, 11) is 0. The van der Waals surface area contributed by atoms with Gasteiger partial charge in [-0.05, 0) is 37.1 Å². The Morgan fingerprint density at radius 2 is 1.89 bits per heavy atom. The molecule has 0 unspecified atom stereocenters. The van der Waals surface area contributed by atoms with Crippen LogP contribution in [0.3, 0.4) is 0 Å². The van der Waals surface area contributed by atoms with E-state index in [-0.39, 0.29) is 24.8 Å².